The molecule has 0 saturated carbocycles. The minimum atomic E-state index is -4.42. The quantitative estimate of drug-likeness (QED) is 0.829. The van der Waals surface area contributed by atoms with E-state index in [1.807, 2.05) is 0 Å². The highest BCUT2D eigenvalue weighted by molar-refractivity contribution is 5.86. The van der Waals surface area contributed by atoms with E-state index in [4.69, 9.17) is 4.74 Å². The predicted molar refractivity (Wildman–Crippen MR) is 78.0 cm³/mol. The third-order valence-electron chi connectivity index (χ3n) is 3.82. The number of hydrogen-bond acceptors (Lipinski definition) is 4. The molecule has 5 nitrogen and oxygen atoms in total. The second-order valence-corrected chi connectivity index (χ2v) is 5.54. The van der Waals surface area contributed by atoms with Crippen LogP contribution in [0, 0.1) is 5.92 Å². The van der Waals surface area contributed by atoms with E-state index in [2.05, 4.69) is 10.1 Å². The van der Waals surface area contributed by atoms with Crippen LogP contribution in [0.5, 0.6) is 0 Å². The first kappa shape index (κ1) is 18.3. The van der Waals surface area contributed by atoms with Gasteiger partial charge in [0.2, 0.25) is 5.91 Å². The van der Waals surface area contributed by atoms with E-state index in [0.717, 1.165) is 12.1 Å². The molecule has 2 rings (SSSR count). The Bertz CT molecular complexity index is 580. The second kappa shape index (κ2) is 7.65. The van der Waals surface area contributed by atoms with Crippen LogP contribution in [0.25, 0.3) is 0 Å². The summed E-state index contributed by atoms with van der Waals surface area (Å²) in [6.45, 7) is 0.778. The molecule has 0 unspecified atom stereocenters. The number of alkyl halides is 3. The Labute approximate surface area is 137 Å². The third-order valence-corrected chi connectivity index (χ3v) is 3.82. The van der Waals surface area contributed by atoms with Crippen LogP contribution in [0.15, 0.2) is 24.3 Å². The van der Waals surface area contributed by atoms with Crippen LogP contribution < -0.4 is 5.32 Å². The van der Waals surface area contributed by atoms with E-state index >= 15 is 0 Å². The van der Waals surface area contributed by atoms with Gasteiger partial charge in [0.25, 0.3) is 0 Å². The molecule has 0 bridgehead atoms. The van der Waals surface area contributed by atoms with Crippen LogP contribution in [0.3, 0.4) is 0 Å². The van der Waals surface area contributed by atoms with Crippen molar-refractivity contribution in [3.05, 3.63) is 35.4 Å². The molecule has 132 valence electrons. The normalized spacial score (nSPS) is 18.9. The molecule has 1 aliphatic rings. The summed E-state index contributed by atoms with van der Waals surface area (Å²) in [7, 11) is 1.19. The largest absolute Gasteiger partial charge is 0.467 e. The average molecular weight is 345 g/mol. The number of amides is 1. The van der Waals surface area contributed by atoms with Crippen molar-refractivity contribution in [2.24, 2.45) is 5.92 Å². The molecule has 0 spiro atoms. The molecule has 1 fully saturated rings. The molecule has 1 aromatic carbocycles. The fourth-order valence-electron chi connectivity index (χ4n) is 2.43. The van der Waals surface area contributed by atoms with Gasteiger partial charge >= 0.3 is 12.1 Å². The van der Waals surface area contributed by atoms with Crippen LogP contribution in [0.2, 0.25) is 0 Å². The lowest BCUT2D eigenvalue weighted by Crippen LogP contribution is -2.45. The van der Waals surface area contributed by atoms with Crippen LogP contribution >= 0.6 is 0 Å². The highest BCUT2D eigenvalue weighted by atomic mass is 19.4. The second-order valence-electron chi connectivity index (χ2n) is 5.54. The number of esters is 1. The summed E-state index contributed by atoms with van der Waals surface area (Å²) in [4.78, 5) is 23.9. The minimum absolute atomic E-state index is 0.0458. The fraction of sp³-hybridized carbons (Fsp3) is 0.500. The summed E-state index contributed by atoms with van der Waals surface area (Å²) in [6, 6.07) is 3.49. The molecule has 0 aliphatic carbocycles. The van der Waals surface area contributed by atoms with E-state index in [0.29, 0.717) is 25.2 Å². The molecular formula is C16H18F3NO4. The Morgan fingerprint density at radius 1 is 1.33 bits per heavy atom. The molecule has 1 amide bonds. The Kier molecular flexibility index (Phi) is 5.82. The van der Waals surface area contributed by atoms with E-state index in [9.17, 15) is 22.8 Å². The molecular weight excluding hydrogens is 327 g/mol. The fourth-order valence-corrected chi connectivity index (χ4v) is 2.43. The van der Waals surface area contributed by atoms with Gasteiger partial charge in [-0.05, 0) is 24.1 Å². The van der Waals surface area contributed by atoms with Gasteiger partial charge < -0.3 is 14.8 Å². The zero-order chi connectivity index (χ0) is 17.7. The summed E-state index contributed by atoms with van der Waals surface area (Å²) < 4.78 is 47.5. The summed E-state index contributed by atoms with van der Waals surface area (Å²) in [5.74, 6) is -1.30. The number of nitrogens with one attached hydrogen (secondary N) is 1. The summed E-state index contributed by atoms with van der Waals surface area (Å²) in [6.07, 6.45) is -3.80. The lowest BCUT2D eigenvalue weighted by atomic mass is 10.0. The van der Waals surface area contributed by atoms with Crippen molar-refractivity contribution >= 4 is 11.9 Å². The first-order chi connectivity index (χ1) is 11.3. The topological polar surface area (TPSA) is 64.6 Å². The molecule has 1 aliphatic heterocycles. The lowest BCUT2D eigenvalue weighted by Gasteiger charge is -2.19. The monoisotopic (exact) mass is 345 g/mol. The zero-order valence-corrected chi connectivity index (χ0v) is 13.1. The lowest BCUT2D eigenvalue weighted by molar-refractivity contribution is -0.145. The number of benzene rings is 1. The molecule has 2 atom stereocenters. The van der Waals surface area contributed by atoms with Gasteiger partial charge in [0.15, 0.2) is 0 Å². The zero-order valence-electron chi connectivity index (χ0n) is 13.1. The number of rotatable bonds is 5. The van der Waals surface area contributed by atoms with Crippen molar-refractivity contribution in [2.75, 3.05) is 20.3 Å². The number of halogens is 3. The van der Waals surface area contributed by atoms with Crippen LogP contribution in [0.1, 0.15) is 17.5 Å². The van der Waals surface area contributed by atoms with Crippen LogP contribution in [-0.2, 0) is 31.7 Å². The number of carbonyl (C=O) groups excluding carboxylic acids is 2. The first-order valence-corrected chi connectivity index (χ1v) is 7.43. The van der Waals surface area contributed by atoms with E-state index in [-0.39, 0.29) is 18.2 Å². The highest BCUT2D eigenvalue weighted by Gasteiger charge is 2.31. The van der Waals surface area contributed by atoms with Crippen LogP contribution in [-0.4, -0.2) is 38.2 Å². The van der Waals surface area contributed by atoms with Gasteiger partial charge in [-0.1, -0.05) is 12.1 Å². The smallest absolute Gasteiger partial charge is 0.416 e. The Hall–Kier alpha value is -2.09. The van der Waals surface area contributed by atoms with E-state index in [1.54, 1.807) is 0 Å². The third kappa shape index (κ3) is 4.70. The first-order valence-electron chi connectivity index (χ1n) is 7.43. The number of carbonyl (C=O) groups is 2. The van der Waals surface area contributed by atoms with Gasteiger partial charge in [-0.25, -0.2) is 4.79 Å². The molecule has 8 heteroatoms. The molecule has 1 saturated heterocycles. The Morgan fingerprint density at radius 2 is 2.00 bits per heavy atom. The number of hydrogen-bond donors (Lipinski definition) is 1. The number of ether oxygens (including phenoxy) is 2. The van der Waals surface area contributed by atoms with Gasteiger partial charge in [0.05, 0.1) is 25.2 Å². The van der Waals surface area contributed by atoms with Gasteiger partial charge in [0, 0.05) is 13.0 Å². The molecule has 1 heterocycles. The maximum Gasteiger partial charge on any atom is 0.416 e. The maximum absolute atomic E-state index is 12.6. The van der Waals surface area contributed by atoms with Crippen molar-refractivity contribution in [3.8, 4) is 0 Å². The molecule has 24 heavy (non-hydrogen) atoms. The van der Waals surface area contributed by atoms with Gasteiger partial charge in [0.1, 0.15) is 6.04 Å². The van der Waals surface area contributed by atoms with E-state index in [1.165, 1.54) is 19.2 Å². The van der Waals surface area contributed by atoms with Crippen LogP contribution in [0.4, 0.5) is 13.2 Å². The predicted octanol–water partition coefficient (Wildman–Crippen LogP) is 1.94. The van der Waals surface area contributed by atoms with Crippen molar-refractivity contribution in [1.82, 2.24) is 5.32 Å². The Morgan fingerprint density at radius 3 is 2.50 bits per heavy atom. The van der Waals surface area contributed by atoms with Crippen molar-refractivity contribution in [1.29, 1.82) is 0 Å². The van der Waals surface area contributed by atoms with Crippen molar-refractivity contribution in [2.45, 2.75) is 25.1 Å². The van der Waals surface area contributed by atoms with Crippen molar-refractivity contribution < 1.29 is 32.2 Å². The van der Waals surface area contributed by atoms with Gasteiger partial charge in [-0.15, -0.1) is 0 Å². The molecule has 0 radical (unpaired) electrons. The average Bonchev–Trinajstić information content (AvgIpc) is 3.07. The maximum atomic E-state index is 12.6. The highest BCUT2D eigenvalue weighted by Crippen LogP contribution is 2.29. The van der Waals surface area contributed by atoms with E-state index < -0.39 is 23.8 Å². The van der Waals surface area contributed by atoms with Crippen molar-refractivity contribution in [3.63, 3.8) is 0 Å². The summed E-state index contributed by atoms with van der Waals surface area (Å²) in [5.41, 5.74) is -0.283. The summed E-state index contributed by atoms with van der Waals surface area (Å²) >= 11 is 0. The Balaban J connectivity index is 2.05. The van der Waals surface area contributed by atoms with Gasteiger partial charge in [-0.2, -0.15) is 13.2 Å². The van der Waals surface area contributed by atoms with Gasteiger partial charge in [-0.3, -0.25) is 4.79 Å². The SMILES string of the molecule is COC(=O)[C@@H](Cc1ccc(C(F)(F)F)cc1)NC(=O)[C@@H]1CCOC1. The molecule has 1 aromatic rings. The standard InChI is InChI=1S/C16H18F3NO4/c1-23-15(22)13(20-14(21)11-6-7-24-9-11)8-10-2-4-12(5-3-10)16(17,18)19/h2-5,11,13H,6-9H2,1H3,(H,20,21)/t11-,13-/m1/s1. The molecule has 0 aromatic heterocycles. The summed E-state index contributed by atoms with van der Waals surface area (Å²) in [5, 5.41) is 2.59. The number of methoxy groups -OCH3 is 1. The molecule has 1 N–H and O–H groups in total. The minimum Gasteiger partial charge on any atom is -0.467 e.